The molecule has 0 fully saturated rings. The van der Waals surface area contributed by atoms with Crippen molar-refractivity contribution in [3.8, 4) is 11.1 Å². The number of ketones is 1. The second kappa shape index (κ2) is 4.91. The normalized spacial score (nSPS) is 10.2. The van der Waals surface area contributed by atoms with Crippen molar-refractivity contribution in [1.82, 2.24) is 4.98 Å². The van der Waals surface area contributed by atoms with E-state index in [1.807, 2.05) is 18.2 Å². The summed E-state index contributed by atoms with van der Waals surface area (Å²) in [5.74, 6) is 0.0472. The molecule has 0 atom stereocenters. The van der Waals surface area contributed by atoms with E-state index < -0.39 is 0 Å². The van der Waals surface area contributed by atoms with Gasteiger partial charge in [0.25, 0.3) is 0 Å². The molecule has 1 heterocycles. The van der Waals surface area contributed by atoms with Crippen LogP contribution in [0.3, 0.4) is 0 Å². The Labute approximate surface area is 101 Å². The summed E-state index contributed by atoms with van der Waals surface area (Å²) in [6, 6.07) is 10.2. The van der Waals surface area contributed by atoms with Crippen molar-refractivity contribution in [3.63, 3.8) is 0 Å². The standard InChI is InChI=1S/C15H15NO/c1-3-12-5-4-6-13(7-12)15-8-14(11(2)17)9-16-10-15/h4-10H,3H2,1-2H3. The Kier molecular flexibility index (Phi) is 3.33. The first-order valence-electron chi connectivity index (χ1n) is 5.76. The van der Waals surface area contributed by atoms with E-state index in [-0.39, 0.29) is 5.78 Å². The summed E-state index contributed by atoms with van der Waals surface area (Å²) in [7, 11) is 0. The quantitative estimate of drug-likeness (QED) is 0.748. The highest BCUT2D eigenvalue weighted by molar-refractivity contribution is 5.94. The van der Waals surface area contributed by atoms with Gasteiger partial charge < -0.3 is 0 Å². The number of carbonyl (C=O) groups is 1. The number of aromatic nitrogens is 1. The average Bonchev–Trinajstić information content (AvgIpc) is 2.39. The summed E-state index contributed by atoms with van der Waals surface area (Å²) in [6.45, 7) is 3.69. The van der Waals surface area contributed by atoms with Gasteiger partial charge in [-0.15, -0.1) is 0 Å². The number of hydrogen-bond acceptors (Lipinski definition) is 2. The number of benzene rings is 1. The van der Waals surface area contributed by atoms with Crippen molar-refractivity contribution >= 4 is 5.78 Å². The molecule has 0 N–H and O–H groups in total. The molecule has 0 saturated heterocycles. The lowest BCUT2D eigenvalue weighted by atomic mass is 10.0. The first kappa shape index (κ1) is 11.5. The van der Waals surface area contributed by atoms with E-state index >= 15 is 0 Å². The molecule has 0 bridgehead atoms. The Balaban J connectivity index is 2.45. The molecule has 1 aromatic carbocycles. The second-order valence-corrected chi connectivity index (χ2v) is 4.07. The molecule has 0 saturated carbocycles. The predicted molar refractivity (Wildman–Crippen MR) is 69.1 cm³/mol. The van der Waals surface area contributed by atoms with Gasteiger partial charge >= 0.3 is 0 Å². The number of carbonyl (C=O) groups excluding carboxylic acids is 1. The Bertz CT molecular complexity index is 546. The maximum Gasteiger partial charge on any atom is 0.161 e. The third kappa shape index (κ3) is 2.59. The molecular weight excluding hydrogens is 210 g/mol. The Morgan fingerprint density at radius 1 is 1.18 bits per heavy atom. The topological polar surface area (TPSA) is 30.0 Å². The van der Waals surface area contributed by atoms with E-state index in [9.17, 15) is 4.79 Å². The second-order valence-electron chi connectivity index (χ2n) is 4.07. The summed E-state index contributed by atoms with van der Waals surface area (Å²) >= 11 is 0. The first-order valence-corrected chi connectivity index (χ1v) is 5.76. The van der Waals surface area contributed by atoms with E-state index in [1.165, 1.54) is 5.56 Å². The zero-order valence-electron chi connectivity index (χ0n) is 10.1. The van der Waals surface area contributed by atoms with Crippen molar-refractivity contribution in [3.05, 3.63) is 53.9 Å². The lowest BCUT2D eigenvalue weighted by Crippen LogP contribution is -1.94. The van der Waals surface area contributed by atoms with Crippen LogP contribution in [0.2, 0.25) is 0 Å². The van der Waals surface area contributed by atoms with Gasteiger partial charge in [0.05, 0.1) is 0 Å². The van der Waals surface area contributed by atoms with Crippen LogP contribution in [-0.2, 0) is 6.42 Å². The van der Waals surface area contributed by atoms with Crippen molar-refractivity contribution in [2.75, 3.05) is 0 Å². The van der Waals surface area contributed by atoms with Gasteiger partial charge in [-0.1, -0.05) is 31.2 Å². The fourth-order valence-electron chi connectivity index (χ4n) is 1.76. The van der Waals surface area contributed by atoms with Gasteiger partial charge in [0.1, 0.15) is 0 Å². The molecule has 2 heteroatoms. The van der Waals surface area contributed by atoms with E-state index in [4.69, 9.17) is 0 Å². The van der Waals surface area contributed by atoms with Gasteiger partial charge in [-0.25, -0.2) is 0 Å². The number of hydrogen-bond donors (Lipinski definition) is 0. The number of pyridine rings is 1. The molecule has 86 valence electrons. The maximum absolute atomic E-state index is 11.3. The summed E-state index contributed by atoms with van der Waals surface area (Å²) in [5.41, 5.74) is 4.05. The highest BCUT2D eigenvalue weighted by atomic mass is 16.1. The van der Waals surface area contributed by atoms with Crippen molar-refractivity contribution < 1.29 is 4.79 Å². The Morgan fingerprint density at radius 3 is 2.71 bits per heavy atom. The largest absolute Gasteiger partial charge is 0.294 e. The average molecular weight is 225 g/mol. The van der Waals surface area contributed by atoms with Crippen LogP contribution in [0.5, 0.6) is 0 Å². The summed E-state index contributed by atoms with van der Waals surface area (Å²) in [4.78, 5) is 15.4. The Morgan fingerprint density at radius 2 is 2.00 bits per heavy atom. The molecule has 2 rings (SSSR count). The molecule has 17 heavy (non-hydrogen) atoms. The van der Waals surface area contributed by atoms with E-state index in [0.717, 1.165) is 17.5 Å². The number of Topliss-reactive ketones (excluding diaryl/α,β-unsaturated/α-hetero) is 1. The first-order chi connectivity index (χ1) is 8.20. The predicted octanol–water partition coefficient (Wildman–Crippen LogP) is 3.51. The smallest absolute Gasteiger partial charge is 0.161 e. The molecule has 0 unspecified atom stereocenters. The van der Waals surface area contributed by atoms with Gasteiger partial charge in [-0.05, 0) is 30.5 Å². The van der Waals surface area contributed by atoms with E-state index in [2.05, 4.69) is 24.0 Å². The van der Waals surface area contributed by atoms with Crippen LogP contribution in [0.1, 0.15) is 29.8 Å². The zero-order valence-corrected chi connectivity index (χ0v) is 10.1. The number of aryl methyl sites for hydroxylation is 1. The van der Waals surface area contributed by atoms with Gasteiger partial charge in [-0.2, -0.15) is 0 Å². The SMILES string of the molecule is CCc1cccc(-c2cncc(C(C)=O)c2)c1. The van der Waals surface area contributed by atoms with Gasteiger partial charge in [0, 0.05) is 23.5 Å². The minimum atomic E-state index is 0.0472. The van der Waals surface area contributed by atoms with Gasteiger partial charge in [0.15, 0.2) is 5.78 Å². The van der Waals surface area contributed by atoms with Crippen molar-refractivity contribution in [1.29, 1.82) is 0 Å². The summed E-state index contributed by atoms with van der Waals surface area (Å²) in [5, 5.41) is 0. The molecule has 1 aromatic heterocycles. The van der Waals surface area contributed by atoms with Crippen LogP contribution in [0.15, 0.2) is 42.7 Å². The maximum atomic E-state index is 11.3. The lowest BCUT2D eigenvalue weighted by Gasteiger charge is -2.04. The molecule has 0 amide bonds. The van der Waals surface area contributed by atoms with Gasteiger partial charge in [0.2, 0.25) is 0 Å². The highest BCUT2D eigenvalue weighted by Gasteiger charge is 2.03. The minimum absolute atomic E-state index is 0.0472. The fraction of sp³-hybridized carbons (Fsp3) is 0.200. The van der Waals surface area contributed by atoms with E-state index in [0.29, 0.717) is 5.56 Å². The Hall–Kier alpha value is -1.96. The van der Waals surface area contributed by atoms with Crippen LogP contribution in [0, 0.1) is 0 Å². The number of nitrogens with zero attached hydrogens (tertiary/aromatic N) is 1. The molecule has 2 aromatic rings. The molecular formula is C15H15NO. The van der Waals surface area contributed by atoms with Crippen LogP contribution in [0.4, 0.5) is 0 Å². The fourth-order valence-corrected chi connectivity index (χ4v) is 1.76. The number of rotatable bonds is 3. The molecule has 0 spiro atoms. The third-order valence-electron chi connectivity index (χ3n) is 2.81. The van der Waals surface area contributed by atoms with Crippen molar-refractivity contribution in [2.45, 2.75) is 20.3 Å². The molecule has 0 radical (unpaired) electrons. The van der Waals surface area contributed by atoms with Crippen LogP contribution < -0.4 is 0 Å². The lowest BCUT2D eigenvalue weighted by molar-refractivity contribution is 0.101. The van der Waals surface area contributed by atoms with Gasteiger partial charge in [-0.3, -0.25) is 9.78 Å². The molecule has 0 aliphatic heterocycles. The summed E-state index contributed by atoms with van der Waals surface area (Å²) in [6.07, 6.45) is 4.41. The zero-order chi connectivity index (χ0) is 12.3. The molecule has 0 aliphatic carbocycles. The molecule has 0 aliphatic rings. The monoisotopic (exact) mass is 225 g/mol. The third-order valence-corrected chi connectivity index (χ3v) is 2.81. The highest BCUT2D eigenvalue weighted by Crippen LogP contribution is 2.21. The molecule has 2 nitrogen and oxygen atoms in total. The van der Waals surface area contributed by atoms with E-state index in [1.54, 1.807) is 19.3 Å². The minimum Gasteiger partial charge on any atom is -0.294 e. The van der Waals surface area contributed by atoms with Crippen molar-refractivity contribution in [2.24, 2.45) is 0 Å². The van der Waals surface area contributed by atoms with Crippen LogP contribution in [-0.4, -0.2) is 10.8 Å². The van der Waals surface area contributed by atoms with Crippen LogP contribution >= 0.6 is 0 Å². The summed E-state index contributed by atoms with van der Waals surface area (Å²) < 4.78 is 0. The van der Waals surface area contributed by atoms with Crippen LogP contribution in [0.25, 0.3) is 11.1 Å².